The van der Waals surface area contributed by atoms with Crippen molar-refractivity contribution in [3.63, 3.8) is 0 Å². The third kappa shape index (κ3) is 8.37. The number of benzene rings is 2. The van der Waals surface area contributed by atoms with Crippen molar-refractivity contribution >= 4 is 12.4 Å². The molecule has 1 aliphatic carbocycles. The minimum absolute atomic E-state index is 0.0694. The predicted octanol–water partition coefficient (Wildman–Crippen LogP) is 6.68. The number of ether oxygens (including phenoxy) is 3. The number of aryl methyl sites for hydroxylation is 2. The van der Waals surface area contributed by atoms with Gasteiger partial charge >= 0.3 is 0 Å². The molecule has 0 unspecified atom stereocenters. The summed E-state index contributed by atoms with van der Waals surface area (Å²) in [6.45, 7) is 13.1. The van der Waals surface area contributed by atoms with Crippen molar-refractivity contribution in [1.29, 1.82) is 5.41 Å². The zero-order valence-corrected chi connectivity index (χ0v) is 24.5. The van der Waals surface area contributed by atoms with Crippen molar-refractivity contribution in [2.75, 3.05) is 26.4 Å². The number of nitrogens with one attached hydrogen (secondary N) is 1. The first-order valence-corrected chi connectivity index (χ1v) is 14.0. The molecule has 0 spiro atoms. The van der Waals surface area contributed by atoms with E-state index in [2.05, 4.69) is 0 Å². The quantitative estimate of drug-likeness (QED) is 0.195. The van der Waals surface area contributed by atoms with Crippen LogP contribution in [0.5, 0.6) is 11.5 Å². The molecule has 0 heterocycles. The Bertz CT molecular complexity index is 1150. The van der Waals surface area contributed by atoms with Crippen molar-refractivity contribution in [3.8, 4) is 11.5 Å². The van der Waals surface area contributed by atoms with Crippen LogP contribution < -0.4 is 0 Å². The van der Waals surface area contributed by atoms with Crippen molar-refractivity contribution in [3.05, 3.63) is 57.6 Å². The first-order valence-electron chi connectivity index (χ1n) is 14.0. The summed E-state index contributed by atoms with van der Waals surface area (Å²) in [4.78, 5) is 4.76. The molecule has 39 heavy (non-hydrogen) atoms. The van der Waals surface area contributed by atoms with E-state index < -0.39 is 11.2 Å². The highest BCUT2D eigenvalue weighted by atomic mass is 16.6. The van der Waals surface area contributed by atoms with Gasteiger partial charge in [-0.05, 0) is 89.8 Å². The Morgan fingerprint density at radius 2 is 1.28 bits per heavy atom. The van der Waals surface area contributed by atoms with E-state index in [9.17, 15) is 10.2 Å². The number of hydrogen-bond donors (Lipinski definition) is 3. The summed E-state index contributed by atoms with van der Waals surface area (Å²) in [5, 5.41) is 29.1. The predicted molar refractivity (Wildman–Crippen MR) is 157 cm³/mol. The minimum Gasteiger partial charge on any atom is -0.507 e. The average molecular weight is 539 g/mol. The largest absolute Gasteiger partial charge is 0.507 e. The molecule has 0 aromatic heterocycles. The Morgan fingerprint density at radius 1 is 0.795 bits per heavy atom. The smallest absolute Gasteiger partial charge is 0.130 e. The molecule has 0 radical (unpaired) electrons. The van der Waals surface area contributed by atoms with E-state index >= 15 is 0 Å². The molecular formula is C32H46N2O5. The van der Waals surface area contributed by atoms with Crippen LogP contribution in [0.2, 0.25) is 0 Å². The first kappa shape index (κ1) is 30.8. The van der Waals surface area contributed by atoms with E-state index in [-0.39, 0.29) is 11.5 Å². The van der Waals surface area contributed by atoms with Crippen molar-refractivity contribution in [1.82, 2.24) is 0 Å². The fourth-order valence-corrected chi connectivity index (χ4v) is 5.12. The molecule has 2 aromatic rings. The Kier molecular flexibility index (Phi) is 10.7. The lowest BCUT2D eigenvalue weighted by Gasteiger charge is -2.28. The van der Waals surface area contributed by atoms with E-state index in [1.54, 1.807) is 6.07 Å². The molecule has 214 valence electrons. The zero-order valence-electron chi connectivity index (χ0n) is 24.5. The van der Waals surface area contributed by atoms with Gasteiger partial charge in [-0.2, -0.15) is 0 Å². The lowest BCUT2D eigenvalue weighted by molar-refractivity contribution is -0.0753. The number of phenolic OH excluding ortho intramolecular Hbond substituents is 2. The van der Waals surface area contributed by atoms with E-state index in [1.807, 2.05) is 66.0 Å². The molecule has 0 aliphatic heterocycles. The lowest BCUT2D eigenvalue weighted by atomic mass is 9.92. The van der Waals surface area contributed by atoms with Crippen molar-refractivity contribution in [2.45, 2.75) is 90.9 Å². The molecule has 1 aliphatic rings. The third-order valence-corrected chi connectivity index (χ3v) is 7.40. The molecule has 0 saturated heterocycles. The van der Waals surface area contributed by atoms with Gasteiger partial charge in [0.15, 0.2) is 0 Å². The van der Waals surface area contributed by atoms with Gasteiger partial charge in [0.2, 0.25) is 0 Å². The summed E-state index contributed by atoms with van der Waals surface area (Å²) in [5.74, 6) is 0.284. The zero-order chi connectivity index (χ0) is 28.6. The molecule has 3 N–H and O–H groups in total. The van der Waals surface area contributed by atoms with Crippen LogP contribution in [0.4, 0.5) is 0 Å². The summed E-state index contributed by atoms with van der Waals surface area (Å²) in [5.41, 5.74) is 3.14. The molecule has 7 heteroatoms. The van der Waals surface area contributed by atoms with Crippen LogP contribution in [0.1, 0.15) is 93.2 Å². The second-order valence-corrected chi connectivity index (χ2v) is 11.5. The summed E-state index contributed by atoms with van der Waals surface area (Å²) in [6, 6.07) is 7.94. The fraction of sp³-hybridized carbons (Fsp3) is 0.562. The molecule has 3 rings (SSSR count). The second kappa shape index (κ2) is 13.6. The molecule has 7 nitrogen and oxygen atoms in total. The molecule has 0 bridgehead atoms. The van der Waals surface area contributed by atoms with E-state index in [4.69, 9.17) is 24.6 Å². The van der Waals surface area contributed by atoms with Crippen molar-refractivity contribution in [2.24, 2.45) is 4.99 Å². The Labute approximate surface area is 233 Å². The Balaban J connectivity index is 1.50. The monoisotopic (exact) mass is 538 g/mol. The number of phenols is 2. The highest BCUT2D eigenvalue weighted by molar-refractivity contribution is 5.85. The van der Waals surface area contributed by atoms with Gasteiger partial charge in [0.25, 0.3) is 0 Å². The highest BCUT2D eigenvalue weighted by Crippen LogP contribution is 2.36. The normalized spacial score (nSPS) is 15.2. The standard InChI is InChI=1S/C32H46N2O5/c1-22-16-24(20-33)29(35)27(18-22)31(3,4)38-14-12-37-13-15-39-32(5,6)28-19-23(2)17-25(30(28)36)21-34-26-10-8-7-9-11-26/h16-21,26,33,35-36H,7-15H2,1-6H3. The van der Waals surface area contributed by atoms with E-state index in [0.717, 1.165) is 41.3 Å². The van der Waals surface area contributed by atoms with Gasteiger partial charge in [0.1, 0.15) is 11.5 Å². The van der Waals surface area contributed by atoms with Crippen LogP contribution in [0.15, 0.2) is 29.3 Å². The number of hydrogen-bond acceptors (Lipinski definition) is 7. The molecule has 0 atom stereocenters. The molecular weight excluding hydrogens is 492 g/mol. The third-order valence-electron chi connectivity index (χ3n) is 7.40. The fourth-order valence-electron chi connectivity index (χ4n) is 5.12. The SMILES string of the molecule is Cc1cc(C=N)c(O)c(C(C)(C)OCCOCCOC(C)(C)c2cc(C)cc(C=NC3CCCCC3)c2O)c1. The van der Waals surface area contributed by atoms with Gasteiger partial charge in [-0.25, -0.2) is 0 Å². The number of aromatic hydroxyl groups is 2. The van der Waals surface area contributed by atoms with Gasteiger partial charge < -0.3 is 29.8 Å². The van der Waals surface area contributed by atoms with Gasteiger partial charge in [-0.1, -0.05) is 19.3 Å². The van der Waals surface area contributed by atoms with Gasteiger partial charge in [-0.15, -0.1) is 0 Å². The van der Waals surface area contributed by atoms with Gasteiger partial charge in [-0.3, -0.25) is 4.99 Å². The maximum atomic E-state index is 11.0. The van der Waals surface area contributed by atoms with Gasteiger partial charge in [0.05, 0.1) is 37.6 Å². The van der Waals surface area contributed by atoms with Crippen LogP contribution >= 0.6 is 0 Å². The summed E-state index contributed by atoms with van der Waals surface area (Å²) < 4.78 is 17.9. The van der Waals surface area contributed by atoms with Crippen LogP contribution in [0.25, 0.3) is 0 Å². The molecule has 1 fully saturated rings. The molecule has 0 amide bonds. The van der Waals surface area contributed by atoms with Crippen LogP contribution in [0, 0.1) is 19.3 Å². The van der Waals surface area contributed by atoms with Crippen LogP contribution in [0.3, 0.4) is 0 Å². The van der Waals surface area contributed by atoms with Crippen LogP contribution in [-0.2, 0) is 25.4 Å². The molecule has 2 aromatic carbocycles. The maximum absolute atomic E-state index is 11.0. The highest BCUT2D eigenvalue weighted by Gasteiger charge is 2.28. The first-order chi connectivity index (χ1) is 18.4. The average Bonchev–Trinajstić information content (AvgIpc) is 2.89. The second-order valence-electron chi connectivity index (χ2n) is 11.5. The summed E-state index contributed by atoms with van der Waals surface area (Å²) >= 11 is 0. The van der Waals surface area contributed by atoms with Crippen LogP contribution in [-0.4, -0.2) is 55.1 Å². The summed E-state index contributed by atoms with van der Waals surface area (Å²) in [7, 11) is 0. The summed E-state index contributed by atoms with van der Waals surface area (Å²) in [6.07, 6.45) is 8.95. The topological polar surface area (TPSA) is 104 Å². The van der Waals surface area contributed by atoms with E-state index in [1.165, 1.54) is 19.3 Å². The lowest BCUT2D eigenvalue weighted by Crippen LogP contribution is -2.26. The number of nitrogens with zero attached hydrogens (tertiary/aromatic N) is 1. The Hall–Kier alpha value is -2.74. The van der Waals surface area contributed by atoms with Crippen molar-refractivity contribution < 1.29 is 24.4 Å². The molecule has 1 saturated carbocycles. The number of rotatable bonds is 13. The minimum atomic E-state index is -0.740. The van der Waals surface area contributed by atoms with E-state index in [0.29, 0.717) is 43.6 Å². The number of aliphatic imine (C=N–C) groups is 1. The maximum Gasteiger partial charge on any atom is 0.130 e. The van der Waals surface area contributed by atoms with Gasteiger partial charge in [0, 0.05) is 40.7 Å². The Morgan fingerprint density at radius 3 is 1.79 bits per heavy atom.